The first-order valence-corrected chi connectivity index (χ1v) is 8.14. The predicted octanol–water partition coefficient (Wildman–Crippen LogP) is 4.14. The third-order valence-electron chi connectivity index (χ3n) is 4.08. The molecule has 4 aromatic rings. The van der Waals surface area contributed by atoms with Gasteiger partial charge < -0.3 is 0 Å². The molecule has 0 aliphatic carbocycles. The number of alkyl halides is 3. The summed E-state index contributed by atoms with van der Waals surface area (Å²) in [4.78, 5) is 8.32. The maximum Gasteiger partial charge on any atom is 0.418 e. The van der Waals surface area contributed by atoms with Crippen LogP contribution in [0, 0.1) is 6.92 Å². The number of rotatable bonds is 2. The molecule has 3 aromatic heterocycles. The zero-order valence-corrected chi connectivity index (χ0v) is 14.5. The summed E-state index contributed by atoms with van der Waals surface area (Å²) in [5.41, 5.74) is 0.500. The van der Waals surface area contributed by atoms with Gasteiger partial charge in [-0.15, -0.1) is 5.10 Å². The Kier molecular flexibility index (Phi) is 3.65. The Morgan fingerprint density at radius 2 is 1.92 bits per heavy atom. The van der Waals surface area contributed by atoms with E-state index in [2.05, 4.69) is 20.2 Å². The van der Waals surface area contributed by atoms with Crippen LogP contribution < -0.4 is 0 Å². The van der Waals surface area contributed by atoms with Crippen molar-refractivity contribution < 1.29 is 13.2 Å². The molecule has 0 unspecified atom stereocenters. The fourth-order valence-electron chi connectivity index (χ4n) is 2.84. The van der Waals surface area contributed by atoms with Crippen LogP contribution in [0.4, 0.5) is 13.2 Å². The van der Waals surface area contributed by atoms with Crippen molar-refractivity contribution >= 4 is 28.2 Å². The van der Waals surface area contributed by atoms with E-state index in [1.165, 1.54) is 16.6 Å². The number of halogens is 4. The second-order valence-electron chi connectivity index (χ2n) is 5.74. The van der Waals surface area contributed by atoms with Gasteiger partial charge in [0.2, 0.25) is 5.28 Å². The minimum Gasteiger partial charge on any atom is -0.272 e. The summed E-state index contributed by atoms with van der Waals surface area (Å²) in [6, 6.07) is 3.80. The first-order valence-electron chi connectivity index (χ1n) is 7.76. The smallest absolute Gasteiger partial charge is 0.272 e. The summed E-state index contributed by atoms with van der Waals surface area (Å²) in [5.74, 6) is 0.329. The van der Waals surface area contributed by atoms with Gasteiger partial charge in [-0.3, -0.25) is 4.68 Å². The molecule has 0 saturated carbocycles. The Labute approximate surface area is 150 Å². The quantitative estimate of drug-likeness (QED) is 0.490. The van der Waals surface area contributed by atoms with Crippen molar-refractivity contribution in [2.45, 2.75) is 26.6 Å². The Bertz CT molecular complexity index is 1140. The van der Waals surface area contributed by atoms with Gasteiger partial charge in [-0.1, -0.05) is 6.07 Å². The molecule has 4 rings (SSSR count). The van der Waals surface area contributed by atoms with Crippen molar-refractivity contribution in [1.82, 2.24) is 29.4 Å². The minimum absolute atomic E-state index is 0.191. The number of benzene rings is 1. The van der Waals surface area contributed by atoms with Crippen molar-refractivity contribution in [1.29, 1.82) is 0 Å². The highest BCUT2D eigenvalue weighted by Gasteiger charge is 2.34. The van der Waals surface area contributed by atoms with Crippen LogP contribution >= 0.6 is 11.6 Å². The number of hydrogen-bond donors (Lipinski definition) is 0. The molecular formula is C16H12ClF3N6. The van der Waals surface area contributed by atoms with E-state index < -0.39 is 11.7 Å². The summed E-state index contributed by atoms with van der Waals surface area (Å²) in [6.45, 7) is 4.43. The fourth-order valence-corrected chi connectivity index (χ4v) is 3.04. The van der Waals surface area contributed by atoms with Gasteiger partial charge in [0.15, 0.2) is 11.5 Å². The summed E-state index contributed by atoms with van der Waals surface area (Å²) >= 11 is 6.09. The van der Waals surface area contributed by atoms with Crippen molar-refractivity contribution in [2.24, 2.45) is 0 Å². The summed E-state index contributed by atoms with van der Waals surface area (Å²) in [6.07, 6.45) is -2.76. The average Bonchev–Trinajstić information content (AvgIpc) is 3.17. The molecule has 0 spiro atoms. The fraction of sp³-hybridized carbons (Fsp3) is 0.250. The zero-order chi connectivity index (χ0) is 18.6. The Morgan fingerprint density at radius 1 is 1.15 bits per heavy atom. The molecular weight excluding hydrogens is 369 g/mol. The van der Waals surface area contributed by atoms with Crippen LogP contribution in [0.2, 0.25) is 5.28 Å². The molecule has 0 atom stereocenters. The summed E-state index contributed by atoms with van der Waals surface area (Å²) in [7, 11) is 0. The van der Waals surface area contributed by atoms with Crippen molar-refractivity contribution in [3.05, 3.63) is 40.9 Å². The lowest BCUT2D eigenvalue weighted by Crippen LogP contribution is -2.07. The van der Waals surface area contributed by atoms with Crippen molar-refractivity contribution in [3.8, 4) is 11.4 Å². The molecule has 0 N–H and O–H groups in total. The van der Waals surface area contributed by atoms with E-state index >= 15 is 0 Å². The second kappa shape index (κ2) is 5.66. The molecule has 0 aliphatic rings. The highest BCUT2D eigenvalue weighted by atomic mass is 35.5. The SMILES string of the molecule is CCn1cc(-c2nc3c4cccc(C(F)(F)F)c4nc(Cl)n3n2)c(C)n1. The van der Waals surface area contributed by atoms with Crippen LogP contribution in [0.3, 0.4) is 0 Å². The highest BCUT2D eigenvalue weighted by molar-refractivity contribution is 6.29. The predicted molar refractivity (Wildman–Crippen MR) is 89.9 cm³/mol. The first kappa shape index (κ1) is 16.8. The topological polar surface area (TPSA) is 60.9 Å². The molecule has 0 saturated heterocycles. The van der Waals surface area contributed by atoms with Gasteiger partial charge in [-0.05, 0) is 37.6 Å². The van der Waals surface area contributed by atoms with E-state index in [0.29, 0.717) is 23.6 Å². The van der Waals surface area contributed by atoms with Gasteiger partial charge in [0.1, 0.15) is 0 Å². The van der Waals surface area contributed by atoms with Crippen LogP contribution in [-0.2, 0) is 12.7 Å². The minimum atomic E-state index is -4.55. The second-order valence-corrected chi connectivity index (χ2v) is 6.07. The monoisotopic (exact) mass is 380 g/mol. The molecule has 0 bridgehead atoms. The third kappa shape index (κ3) is 2.50. The molecule has 26 heavy (non-hydrogen) atoms. The van der Waals surface area contributed by atoms with E-state index in [1.807, 2.05) is 13.8 Å². The van der Waals surface area contributed by atoms with E-state index in [9.17, 15) is 13.2 Å². The normalized spacial score (nSPS) is 12.4. The number of fused-ring (bicyclic) bond motifs is 3. The van der Waals surface area contributed by atoms with Gasteiger partial charge in [-0.2, -0.15) is 22.8 Å². The molecule has 0 amide bonds. The van der Waals surface area contributed by atoms with Gasteiger partial charge in [-0.25, -0.2) is 9.97 Å². The summed E-state index contributed by atoms with van der Waals surface area (Å²) in [5, 5.41) is 8.68. The number of nitrogens with zero attached hydrogens (tertiary/aromatic N) is 6. The van der Waals surface area contributed by atoms with E-state index in [1.54, 1.807) is 10.9 Å². The van der Waals surface area contributed by atoms with Gasteiger partial charge in [0.05, 0.1) is 22.3 Å². The largest absolute Gasteiger partial charge is 0.418 e. The number of para-hydroxylation sites is 1. The zero-order valence-electron chi connectivity index (χ0n) is 13.7. The van der Waals surface area contributed by atoms with Gasteiger partial charge in [0.25, 0.3) is 0 Å². The van der Waals surface area contributed by atoms with E-state index in [4.69, 9.17) is 11.6 Å². The lowest BCUT2D eigenvalue weighted by molar-refractivity contribution is -0.136. The molecule has 1 aromatic carbocycles. The average molecular weight is 381 g/mol. The third-order valence-corrected chi connectivity index (χ3v) is 4.32. The molecule has 10 heteroatoms. The van der Waals surface area contributed by atoms with Crippen LogP contribution in [0.5, 0.6) is 0 Å². The molecule has 134 valence electrons. The number of aromatic nitrogens is 6. The van der Waals surface area contributed by atoms with Crippen LogP contribution in [-0.4, -0.2) is 29.4 Å². The van der Waals surface area contributed by atoms with Crippen LogP contribution in [0.1, 0.15) is 18.2 Å². The molecule has 3 heterocycles. The van der Waals surface area contributed by atoms with Crippen molar-refractivity contribution in [3.63, 3.8) is 0 Å². The number of aryl methyl sites for hydroxylation is 2. The lowest BCUT2D eigenvalue weighted by atomic mass is 10.1. The molecule has 0 aliphatic heterocycles. The number of hydrogen-bond acceptors (Lipinski definition) is 4. The Morgan fingerprint density at radius 3 is 2.58 bits per heavy atom. The van der Waals surface area contributed by atoms with Crippen molar-refractivity contribution in [2.75, 3.05) is 0 Å². The Balaban J connectivity index is 2.03. The lowest BCUT2D eigenvalue weighted by Gasteiger charge is -2.10. The highest BCUT2D eigenvalue weighted by Crippen LogP contribution is 2.35. The molecule has 0 fully saturated rings. The van der Waals surface area contributed by atoms with Gasteiger partial charge in [0, 0.05) is 18.1 Å². The maximum absolute atomic E-state index is 13.3. The van der Waals surface area contributed by atoms with E-state index in [-0.39, 0.29) is 21.8 Å². The standard InChI is InChI=1S/C16H12ClF3N6/c1-3-25-7-10(8(2)23-25)13-22-14-9-5-4-6-11(16(18,19)20)12(9)21-15(17)26(14)24-13/h4-7H,3H2,1-2H3. The summed E-state index contributed by atoms with van der Waals surface area (Å²) < 4.78 is 42.8. The first-order chi connectivity index (χ1) is 12.3. The van der Waals surface area contributed by atoms with Crippen LogP contribution in [0.25, 0.3) is 27.9 Å². The van der Waals surface area contributed by atoms with Crippen LogP contribution in [0.15, 0.2) is 24.4 Å². The molecule has 0 radical (unpaired) electrons. The maximum atomic E-state index is 13.3. The molecule has 6 nitrogen and oxygen atoms in total. The van der Waals surface area contributed by atoms with E-state index in [0.717, 1.165) is 6.07 Å². The van der Waals surface area contributed by atoms with Gasteiger partial charge >= 0.3 is 6.18 Å². The Hall–Kier alpha value is -2.68.